The summed E-state index contributed by atoms with van der Waals surface area (Å²) in [5.41, 5.74) is -5.72. The van der Waals surface area contributed by atoms with Crippen LogP contribution in [-0.4, -0.2) is 18.3 Å². The average molecular weight is 234 g/mol. The molecule has 1 aliphatic rings. The standard InChI is InChI=1S/C8H5F7/c1-2-3(9)5(11)8(15,7(13)14)6(12)4(2)10/h5,7H,1H3. The van der Waals surface area contributed by atoms with Gasteiger partial charge in [-0.05, 0) is 6.92 Å². The van der Waals surface area contributed by atoms with E-state index in [0.717, 1.165) is 0 Å². The zero-order chi connectivity index (χ0) is 12.0. The summed E-state index contributed by atoms with van der Waals surface area (Å²) in [5.74, 6) is -6.79. The maximum absolute atomic E-state index is 13.1. The molecule has 0 heterocycles. The fraction of sp³-hybridized carbons (Fsp3) is 0.500. The molecule has 0 aromatic rings. The molecule has 1 aliphatic carbocycles. The van der Waals surface area contributed by atoms with Gasteiger partial charge in [0.05, 0.1) is 0 Å². The number of halogens is 7. The van der Waals surface area contributed by atoms with E-state index in [1.165, 1.54) is 0 Å². The highest BCUT2D eigenvalue weighted by Crippen LogP contribution is 2.46. The number of hydrogen-bond donors (Lipinski definition) is 0. The summed E-state index contributed by atoms with van der Waals surface area (Å²) in [6.07, 6.45) is -7.73. The molecule has 0 aromatic heterocycles. The highest BCUT2D eigenvalue weighted by molar-refractivity contribution is 5.41. The number of allylic oxidation sites excluding steroid dienone is 4. The minimum absolute atomic E-state index is 0.627. The Hall–Kier alpha value is -1.01. The molecule has 15 heavy (non-hydrogen) atoms. The monoisotopic (exact) mass is 234 g/mol. The van der Waals surface area contributed by atoms with Gasteiger partial charge in [-0.25, -0.2) is 30.7 Å². The first-order chi connectivity index (χ1) is 6.74. The van der Waals surface area contributed by atoms with Crippen molar-refractivity contribution >= 4 is 0 Å². The number of hydrogen-bond acceptors (Lipinski definition) is 0. The van der Waals surface area contributed by atoms with Crippen LogP contribution in [0.15, 0.2) is 23.1 Å². The summed E-state index contributed by atoms with van der Waals surface area (Å²) in [5, 5.41) is 0. The Balaban J connectivity index is 3.39. The summed E-state index contributed by atoms with van der Waals surface area (Å²) in [7, 11) is 0. The molecular weight excluding hydrogens is 229 g/mol. The van der Waals surface area contributed by atoms with Gasteiger partial charge in [0, 0.05) is 5.57 Å². The molecule has 86 valence electrons. The fourth-order valence-corrected chi connectivity index (χ4v) is 1.13. The van der Waals surface area contributed by atoms with E-state index in [0.29, 0.717) is 6.92 Å². The minimum atomic E-state index is -4.58. The van der Waals surface area contributed by atoms with Crippen molar-refractivity contribution in [3.63, 3.8) is 0 Å². The molecule has 0 aromatic carbocycles. The SMILES string of the molecule is CC1=C(F)C(F)C(F)(C(F)F)C(F)=C1F. The van der Waals surface area contributed by atoms with Crippen molar-refractivity contribution in [2.45, 2.75) is 25.2 Å². The van der Waals surface area contributed by atoms with Gasteiger partial charge in [0.15, 0.2) is 17.8 Å². The summed E-state index contributed by atoms with van der Waals surface area (Å²) in [6.45, 7) is 0.627. The van der Waals surface area contributed by atoms with Crippen LogP contribution in [0.2, 0.25) is 0 Å². The quantitative estimate of drug-likeness (QED) is 0.607. The van der Waals surface area contributed by atoms with Crippen LogP contribution in [0.5, 0.6) is 0 Å². The van der Waals surface area contributed by atoms with Crippen molar-refractivity contribution in [2.75, 3.05) is 0 Å². The van der Waals surface area contributed by atoms with E-state index in [1.807, 2.05) is 0 Å². The third-order valence-corrected chi connectivity index (χ3v) is 2.13. The summed E-state index contributed by atoms with van der Waals surface area (Å²) in [4.78, 5) is 0. The van der Waals surface area contributed by atoms with Crippen LogP contribution in [0.3, 0.4) is 0 Å². The molecule has 0 N–H and O–H groups in total. The zero-order valence-corrected chi connectivity index (χ0v) is 7.30. The second-order valence-corrected chi connectivity index (χ2v) is 3.03. The Morgan fingerprint density at radius 1 is 1.20 bits per heavy atom. The molecule has 2 unspecified atom stereocenters. The normalized spacial score (nSPS) is 33.0. The van der Waals surface area contributed by atoms with Gasteiger partial charge in [-0.1, -0.05) is 0 Å². The van der Waals surface area contributed by atoms with Crippen LogP contribution in [0.4, 0.5) is 30.7 Å². The van der Waals surface area contributed by atoms with Gasteiger partial charge in [0.1, 0.15) is 5.83 Å². The second-order valence-electron chi connectivity index (χ2n) is 3.03. The molecule has 0 radical (unpaired) electrons. The Morgan fingerprint density at radius 2 is 1.67 bits per heavy atom. The van der Waals surface area contributed by atoms with Crippen LogP contribution in [0, 0.1) is 0 Å². The first kappa shape index (κ1) is 12.1. The lowest BCUT2D eigenvalue weighted by Crippen LogP contribution is -2.46. The molecule has 1 rings (SSSR count). The van der Waals surface area contributed by atoms with Gasteiger partial charge in [-0.2, -0.15) is 0 Å². The first-order valence-electron chi connectivity index (χ1n) is 3.78. The molecule has 0 spiro atoms. The van der Waals surface area contributed by atoms with E-state index in [4.69, 9.17) is 0 Å². The molecule has 7 heteroatoms. The zero-order valence-electron chi connectivity index (χ0n) is 7.30. The predicted molar refractivity (Wildman–Crippen MR) is 37.8 cm³/mol. The van der Waals surface area contributed by atoms with E-state index in [-0.39, 0.29) is 0 Å². The van der Waals surface area contributed by atoms with Crippen LogP contribution < -0.4 is 0 Å². The molecular formula is C8H5F7. The molecule has 0 bridgehead atoms. The Bertz CT molecular complexity index is 343. The summed E-state index contributed by atoms with van der Waals surface area (Å²) < 4.78 is 88.2. The van der Waals surface area contributed by atoms with E-state index in [2.05, 4.69) is 0 Å². The number of alkyl halides is 4. The highest BCUT2D eigenvalue weighted by atomic mass is 19.3. The van der Waals surface area contributed by atoms with Gasteiger partial charge >= 0.3 is 0 Å². The van der Waals surface area contributed by atoms with Gasteiger partial charge in [0.2, 0.25) is 0 Å². The molecule has 0 fully saturated rings. The van der Waals surface area contributed by atoms with Crippen molar-refractivity contribution < 1.29 is 30.7 Å². The Morgan fingerprint density at radius 3 is 2.07 bits per heavy atom. The van der Waals surface area contributed by atoms with Gasteiger partial charge in [-0.3, -0.25) is 0 Å². The largest absolute Gasteiger partial charge is 0.282 e. The maximum Gasteiger partial charge on any atom is 0.282 e. The van der Waals surface area contributed by atoms with E-state index < -0.39 is 41.3 Å². The van der Waals surface area contributed by atoms with Crippen molar-refractivity contribution in [2.24, 2.45) is 0 Å². The molecule has 0 aliphatic heterocycles. The van der Waals surface area contributed by atoms with Crippen molar-refractivity contribution in [1.82, 2.24) is 0 Å². The first-order valence-corrected chi connectivity index (χ1v) is 3.78. The van der Waals surface area contributed by atoms with Crippen molar-refractivity contribution in [3.05, 3.63) is 23.1 Å². The summed E-state index contributed by atoms with van der Waals surface area (Å²) >= 11 is 0. The van der Waals surface area contributed by atoms with Crippen LogP contribution >= 0.6 is 0 Å². The summed E-state index contributed by atoms with van der Waals surface area (Å²) in [6, 6.07) is 0. The van der Waals surface area contributed by atoms with Crippen molar-refractivity contribution in [1.29, 1.82) is 0 Å². The van der Waals surface area contributed by atoms with Crippen LogP contribution in [0.25, 0.3) is 0 Å². The number of rotatable bonds is 1. The maximum atomic E-state index is 13.1. The Labute approximate surface area is 80.1 Å². The van der Waals surface area contributed by atoms with Crippen molar-refractivity contribution in [3.8, 4) is 0 Å². The molecule has 0 nitrogen and oxygen atoms in total. The highest BCUT2D eigenvalue weighted by Gasteiger charge is 2.59. The fourth-order valence-electron chi connectivity index (χ4n) is 1.13. The lowest BCUT2D eigenvalue weighted by Gasteiger charge is -2.29. The third kappa shape index (κ3) is 1.44. The predicted octanol–water partition coefficient (Wildman–Crippen LogP) is 3.71. The van der Waals surface area contributed by atoms with E-state index in [9.17, 15) is 30.7 Å². The molecule has 0 saturated heterocycles. The van der Waals surface area contributed by atoms with E-state index in [1.54, 1.807) is 0 Å². The van der Waals surface area contributed by atoms with Gasteiger partial charge < -0.3 is 0 Å². The average Bonchev–Trinajstić information content (AvgIpc) is 2.20. The van der Waals surface area contributed by atoms with E-state index >= 15 is 0 Å². The minimum Gasteiger partial charge on any atom is -0.235 e. The van der Waals surface area contributed by atoms with Crippen LogP contribution in [0.1, 0.15) is 6.92 Å². The lowest BCUT2D eigenvalue weighted by molar-refractivity contribution is -0.0696. The van der Waals surface area contributed by atoms with Gasteiger partial charge in [0.25, 0.3) is 12.1 Å². The third-order valence-electron chi connectivity index (χ3n) is 2.13. The molecule has 0 saturated carbocycles. The Kier molecular flexibility index (Phi) is 2.84. The smallest absolute Gasteiger partial charge is 0.235 e. The molecule has 2 atom stereocenters. The lowest BCUT2D eigenvalue weighted by atomic mass is 9.89. The topological polar surface area (TPSA) is 0 Å². The molecule has 0 amide bonds. The second kappa shape index (κ2) is 3.53. The van der Waals surface area contributed by atoms with Crippen LogP contribution in [-0.2, 0) is 0 Å². The van der Waals surface area contributed by atoms with Gasteiger partial charge in [-0.15, -0.1) is 0 Å².